The number of amides is 1. The highest BCUT2D eigenvalue weighted by atomic mass is 16.1. The number of aromatic nitrogens is 2. The summed E-state index contributed by atoms with van der Waals surface area (Å²) in [5, 5.41) is 3.08. The summed E-state index contributed by atoms with van der Waals surface area (Å²) in [6.07, 6.45) is 1.35. The molecule has 0 spiro atoms. The maximum absolute atomic E-state index is 12.2. The first-order valence-corrected chi connectivity index (χ1v) is 9.71. The Hall–Kier alpha value is -2.82. The molecule has 0 fully saturated rings. The Labute approximate surface area is 160 Å². The van der Waals surface area contributed by atoms with Crippen molar-refractivity contribution in [2.75, 3.05) is 23.3 Å². The van der Waals surface area contributed by atoms with Crippen molar-refractivity contribution in [3.8, 4) is 11.4 Å². The number of carbonyl (C=O) groups is 1. The van der Waals surface area contributed by atoms with E-state index in [1.165, 1.54) is 5.56 Å². The highest BCUT2D eigenvalue weighted by Crippen LogP contribution is 2.32. The van der Waals surface area contributed by atoms with E-state index in [-0.39, 0.29) is 5.91 Å². The number of fused-ring (bicyclic) bond motifs is 1. The monoisotopic (exact) mass is 364 g/mol. The highest BCUT2D eigenvalue weighted by molar-refractivity contribution is 5.98. The summed E-state index contributed by atoms with van der Waals surface area (Å²) >= 11 is 0. The summed E-state index contributed by atoms with van der Waals surface area (Å²) in [6.45, 7) is 10.1. The first kappa shape index (κ1) is 19.0. The lowest BCUT2D eigenvalue weighted by molar-refractivity contribution is -0.116. The molecule has 2 aromatic carbocycles. The predicted octanol–water partition coefficient (Wildman–Crippen LogP) is 5.12. The SMILES string of the molecule is CCCC(=O)Nc1cc2[nH]c(-c3ccc(C)cc3)nc2cc1N(CC)CC. The van der Waals surface area contributed by atoms with E-state index in [4.69, 9.17) is 4.98 Å². The number of hydrogen-bond donors (Lipinski definition) is 2. The molecule has 3 rings (SSSR count). The molecule has 5 heteroatoms. The molecule has 1 amide bonds. The van der Waals surface area contributed by atoms with Crippen molar-refractivity contribution in [2.45, 2.75) is 40.5 Å². The number of nitrogens with one attached hydrogen (secondary N) is 2. The van der Waals surface area contributed by atoms with E-state index < -0.39 is 0 Å². The molecule has 0 saturated carbocycles. The molecular formula is C22H28N4O. The minimum atomic E-state index is 0.0449. The van der Waals surface area contributed by atoms with Gasteiger partial charge in [-0.2, -0.15) is 0 Å². The number of aryl methyl sites for hydroxylation is 1. The third-order valence-electron chi connectivity index (χ3n) is 4.78. The topological polar surface area (TPSA) is 61.0 Å². The van der Waals surface area contributed by atoms with Crippen LogP contribution in [0.2, 0.25) is 0 Å². The van der Waals surface area contributed by atoms with Gasteiger partial charge in [0.05, 0.1) is 22.4 Å². The molecule has 0 saturated heterocycles. The van der Waals surface area contributed by atoms with Crippen molar-refractivity contribution in [3.05, 3.63) is 42.0 Å². The molecule has 0 bridgehead atoms. The number of nitrogens with zero attached hydrogens (tertiary/aromatic N) is 2. The van der Waals surface area contributed by atoms with Crippen molar-refractivity contribution in [2.24, 2.45) is 0 Å². The fraction of sp³-hybridized carbons (Fsp3) is 0.364. The maximum Gasteiger partial charge on any atom is 0.224 e. The van der Waals surface area contributed by atoms with Crippen molar-refractivity contribution >= 4 is 28.3 Å². The van der Waals surface area contributed by atoms with Crippen LogP contribution in [0.15, 0.2) is 36.4 Å². The van der Waals surface area contributed by atoms with E-state index in [9.17, 15) is 4.79 Å². The van der Waals surface area contributed by atoms with E-state index in [1.54, 1.807) is 0 Å². The summed E-state index contributed by atoms with van der Waals surface area (Å²) in [6, 6.07) is 12.4. The van der Waals surface area contributed by atoms with Gasteiger partial charge in [0.1, 0.15) is 5.82 Å². The smallest absolute Gasteiger partial charge is 0.224 e. The summed E-state index contributed by atoms with van der Waals surface area (Å²) in [4.78, 5) is 22.6. The van der Waals surface area contributed by atoms with Crippen LogP contribution in [0.4, 0.5) is 11.4 Å². The second-order valence-corrected chi connectivity index (χ2v) is 6.81. The van der Waals surface area contributed by atoms with Gasteiger partial charge in [-0.25, -0.2) is 4.98 Å². The van der Waals surface area contributed by atoms with Crippen LogP contribution in [-0.2, 0) is 4.79 Å². The van der Waals surface area contributed by atoms with Gasteiger partial charge >= 0.3 is 0 Å². The number of rotatable bonds is 7. The van der Waals surface area contributed by atoms with Crippen LogP contribution in [0.5, 0.6) is 0 Å². The Bertz CT molecular complexity index is 923. The van der Waals surface area contributed by atoms with Gasteiger partial charge in [-0.05, 0) is 39.3 Å². The number of H-pyrrole nitrogens is 1. The molecule has 0 aliphatic rings. The van der Waals surface area contributed by atoms with Gasteiger partial charge in [-0.15, -0.1) is 0 Å². The average Bonchev–Trinajstić information content (AvgIpc) is 3.06. The fourth-order valence-electron chi connectivity index (χ4n) is 3.26. The lowest BCUT2D eigenvalue weighted by Gasteiger charge is -2.24. The molecule has 2 N–H and O–H groups in total. The molecule has 27 heavy (non-hydrogen) atoms. The molecule has 0 aliphatic carbocycles. The minimum Gasteiger partial charge on any atom is -0.370 e. The van der Waals surface area contributed by atoms with Gasteiger partial charge in [-0.1, -0.05) is 36.8 Å². The largest absolute Gasteiger partial charge is 0.370 e. The zero-order valence-electron chi connectivity index (χ0n) is 16.6. The van der Waals surface area contributed by atoms with Crippen LogP contribution >= 0.6 is 0 Å². The van der Waals surface area contributed by atoms with Crippen LogP contribution in [0.3, 0.4) is 0 Å². The zero-order valence-corrected chi connectivity index (χ0v) is 16.6. The van der Waals surface area contributed by atoms with Crippen molar-refractivity contribution in [1.82, 2.24) is 9.97 Å². The molecule has 0 radical (unpaired) electrons. The summed E-state index contributed by atoms with van der Waals surface area (Å²) < 4.78 is 0. The Morgan fingerprint density at radius 3 is 2.44 bits per heavy atom. The van der Waals surface area contributed by atoms with E-state index in [1.807, 2.05) is 13.0 Å². The summed E-state index contributed by atoms with van der Waals surface area (Å²) in [7, 11) is 0. The van der Waals surface area contributed by atoms with E-state index in [0.717, 1.165) is 53.3 Å². The molecule has 142 valence electrons. The second kappa shape index (κ2) is 8.25. The normalized spacial score (nSPS) is 11.0. The highest BCUT2D eigenvalue weighted by Gasteiger charge is 2.15. The Morgan fingerprint density at radius 1 is 1.11 bits per heavy atom. The van der Waals surface area contributed by atoms with Crippen molar-refractivity contribution < 1.29 is 4.79 Å². The third-order valence-corrected chi connectivity index (χ3v) is 4.78. The molecule has 1 heterocycles. The van der Waals surface area contributed by atoms with Crippen LogP contribution in [0.25, 0.3) is 22.4 Å². The number of aromatic amines is 1. The van der Waals surface area contributed by atoms with E-state index >= 15 is 0 Å². The van der Waals surface area contributed by atoms with Crippen LogP contribution in [-0.4, -0.2) is 29.0 Å². The molecule has 0 aliphatic heterocycles. The number of anilines is 2. The Morgan fingerprint density at radius 2 is 1.81 bits per heavy atom. The van der Waals surface area contributed by atoms with E-state index in [2.05, 4.69) is 66.3 Å². The Kier molecular flexibility index (Phi) is 5.79. The van der Waals surface area contributed by atoms with Crippen LogP contribution < -0.4 is 10.2 Å². The first-order valence-electron chi connectivity index (χ1n) is 9.71. The van der Waals surface area contributed by atoms with Crippen LogP contribution in [0, 0.1) is 6.92 Å². The first-order chi connectivity index (χ1) is 13.0. The number of hydrogen-bond acceptors (Lipinski definition) is 3. The molecule has 3 aromatic rings. The number of imidazole rings is 1. The standard InChI is InChI=1S/C22H28N4O/c1-5-8-21(27)23-19-13-17-18(14-20(19)26(6-2)7-3)25-22(24-17)16-11-9-15(4)10-12-16/h9-14H,5-8H2,1-4H3,(H,23,27)(H,24,25). The molecular weight excluding hydrogens is 336 g/mol. The second-order valence-electron chi connectivity index (χ2n) is 6.81. The van der Waals surface area contributed by atoms with Crippen molar-refractivity contribution in [3.63, 3.8) is 0 Å². The zero-order chi connectivity index (χ0) is 19.4. The Balaban J connectivity index is 2.06. The molecule has 5 nitrogen and oxygen atoms in total. The lowest BCUT2D eigenvalue weighted by atomic mass is 10.1. The van der Waals surface area contributed by atoms with Gasteiger partial charge < -0.3 is 15.2 Å². The third kappa shape index (κ3) is 4.13. The van der Waals surface area contributed by atoms with Crippen molar-refractivity contribution in [1.29, 1.82) is 0 Å². The number of benzene rings is 2. The lowest BCUT2D eigenvalue weighted by Crippen LogP contribution is -2.24. The average molecular weight is 364 g/mol. The van der Waals surface area contributed by atoms with E-state index in [0.29, 0.717) is 6.42 Å². The minimum absolute atomic E-state index is 0.0449. The quantitative estimate of drug-likeness (QED) is 0.611. The van der Waals surface area contributed by atoms with Gasteiger partial charge in [0.2, 0.25) is 5.91 Å². The summed E-state index contributed by atoms with van der Waals surface area (Å²) in [5.41, 5.74) is 5.95. The van der Waals surface area contributed by atoms with Gasteiger partial charge in [-0.3, -0.25) is 4.79 Å². The fourth-order valence-corrected chi connectivity index (χ4v) is 3.26. The number of carbonyl (C=O) groups excluding carboxylic acids is 1. The summed E-state index contributed by atoms with van der Waals surface area (Å²) in [5.74, 6) is 0.885. The maximum atomic E-state index is 12.2. The van der Waals surface area contributed by atoms with Gasteiger partial charge in [0.15, 0.2) is 0 Å². The van der Waals surface area contributed by atoms with Gasteiger partial charge in [0.25, 0.3) is 0 Å². The molecule has 0 atom stereocenters. The molecule has 1 aromatic heterocycles. The molecule has 0 unspecified atom stereocenters. The van der Waals surface area contributed by atoms with Crippen LogP contribution in [0.1, 0.15) is 39.2 Å². The van der Waals surface area contributed by atoms with Gasteiger partial charge in [0, 0.05) is 25.1 Å². The predicted molar refractivity (Wildman–Crippen MR) is 113 cm³/mol.